The van der Waals surface area contributed by atoms with E-state index in [-0.39, 0.29) is 18.0 Å². The van der Waals surface area contributed by atoms with Crippen LogP contribution in [0.2, 0.25) is 10.0 Å². The summed E-state index contributed by atoms with van der Waals surface area (Å²) in [5, 5.41) is 1.02. The second-order valence-electron chi connectivity index (χ2n) is 6.11. The van der Waals surface area contributed by atoms with Crippen LogP contribution in [-0.2, 0) is 4.79 Å². The third-order valence-electron chi connectivity index (χ3n) is 3.84. The van der Waals surface area contributed by atoms with Crippen LogP contribution in [0.1, 0.15) is 44.7 Å². The lowest BCUT2D eigenvalue weighted by Gasteiger charge is -2.35. The smallest absolute Gasteiger partial charge is 0.223 e. The lowest BCUT2D eigenvalue weighted by Crippen LogP contribution is -2.43. The predicted molar refractivity (Wildman–Crippen MR) is 87.6 cm³/mol. The van der Waals surface area contributed by atoms with Crippen molar-refractivity contribution in [3.05, 3.63) is 33.8 Å². The normalized spacial score (nSPS) is 23.5. The van der Waals surface area contributed by atoms with Gasteiger partial charge >= 0.3 is 0 Å². The number of hydrogen-bond acceptors (Lipinski definition) is 2. The average molecular weight is 329 g/mol. The molecule has 1 aliphatic heterocycles. The summed E-state index contributed by atoms with van der Waals surface area (Å²) < 4.78 is 0. The third kappa shape index (κ3) is 3.91. The Kier molecular flexibility index (Phi) is 5.53. The van der Waals surface area contributed by atoms with Crippen LogP contribution in [-0.4, -0.2) is 23.4 Å². The lowest BCUT2D eigenvalue weighted by atomic mass is 9.95. The van der Waals surface area contributed by atoms with Gasteiger partial charge in [-0.2, -0.15) is 0 Å². The topological polar surface area (TPSA) is 46.3 Å². The summed E-state index contributed by atoms with van der Waals surface area (Å²) in [6, 6.07) is 5.32. The molecule has 21 heavy (non-hydrogen) atoms. The minimum atomic E-state index is -0.128. The Bertz CT molecular complexity index is 519. The van der Waals surface area contributed by atoms with E-state index in [2.05, 4.69) is 13.8 Å². The Morgan fingerprint density at radius 1 is 1.33 bits per heavy atom. The van der Waals surface area contributed by atoms with Gasteiger partial charge in [0.25, 0.3) is 0 Å². The first kappa shape index (κ1) is 16.6. The molecule has 2 atom stereocenters. The molecule has 1 aromatic rings. The summed E-state index contributed by atoms with van der Waals surface area (Å²) in [5.74, 6) is 0.567. The van der Waals surface area contributed by atoms with E-state index < -0.39 is 0 Å². The summed E-state index contributed by atoms with van der Waals surface area (Å²) in [7, 11) is 0. The molecule has 2 rings (SSSR count). The second kappa shape index (κ2) is 6.99. The van der Waals surface area contributed by atoms with Crippen molar-refractivity contribution in [3.63, 3.8) is 0 Å². The van der Waals surface area contributed by atoms with Crippen LogP contribution in [0.5, 0.6) is 0 Å². The van der Waals surface area contributed by atoms with E-state index in [4.69, 9.17) is 28.9 Å². The van der Waals surface area contributed by atoms with E-state index in [1.807, 2.05) is 17.0 Å². The van der Waals surface area contributed by atoms with Crippen molar-refractivity contribution in [1.29, 1.82) is 0 Å². The number of likely N-dealkylation sites (tertiary alicyclic amines) is 1. The van der Waals surface area contributed by atoms with Gasteiger partial charge in [0, 0.05) is 19.0 Å². The number of rotatable bonds is 3. The molecule has 1 fully saturated rings. The molecule has 1 saturated heterocycles. The summed E-state index contributed by atoms with van der Waals surface area (Å²) in [6.45, 7) is 4.92. The zero-order valence-electron chi connectivity index (χ0n) is 12.5. The number of nitrogens with two attached hydrogens (primary N) is 1. The van der Waals surface area contributed by atoms with E-state index in [0.717, 1.165) is 18.4 Å². The van der Waals surface area contributed by atoms with Crippen molar-refractivity contribution in [2.24, 2.45) is 11.7 Å². The molecule has 1 aliphatic rings. The molecule has 0 aromatic heterocycles. The Balaban J connectivity index is 2.40. The maximum absolute atomic E-state index is 12.4. The highest BCUT2D eigenvalue weighted by molar-refractivity contribution is 6.42. The highest BCUT2D eigenvalue weighted by Gasteiger charge is 2.33. The highest BCUT2D eigenvalue weighted by Crippen LogP contribution is 2.34. The molecule has 0 spiro atoms. The number of nitrogens with zero attached hydrogens (tertiary/aromatic N) is 1. The Morgan fingerprint density at radius 2 is 2.05 bits per heavy atom. The van der Waals surface area contributed by atoms with Gasteiger partial charge in [-0.3, -0.25) is 4.79 Å². The first-order valence-electron chi connectivity index (χ1n) is 7.40. The number of halogens is 2. The zero-order valence-corrected chi connectivity index (χ0v) is 14.0. The van der Waals surface area contributed by atoms with Crippen LogP contribution >= 0.6 is 23.2 Å². The Morgan fingerprint density at radius 3 is 2.67 bits per heavy atom. The minimum absolute atomic E-state index is 0.0764. The van der Waals surface area contributed by atoms with Gasteiger partial charge in [-0.1, -0.05) is 43.1 Å². The number of benzene rings is 1. The fourth-order valence-electron chi connectivity index (χ4n) is 2.91. The van der Waals surface area contributed by atoms with Crippen LogP contribution in [0.4, 0.5) is 0 Å². The van der Waals surface area contributed by atoms with Crippen molar-refractivity contribution in [3.8, 4) is 0 Å². The maximum Gasteiger partial charge on any atom is 0.223 e. The van der Waals surface area contributed by atoms with Crippen LogP contribution < -0.4 is 5.73 Å². The van der Waals surface area contributed by atoms with E-state index in [1.165, 1.54) is 0 Å². The number of carbonyl (C=O) groups is 1. The number of amides is 1. The Hall–Kier alpha value is -0.770. The molecule has 1 aromatic carbocycles. The summed E-state index contributed by atoms with van der Waals surface area (Å²) in [4.78, 5) is 14.4. The van der Waals surface area contributed by atoms with Crippen molar-refractivity contribution in [2.45, 2.75) is 45.2 Å². The second-order valence-corrected chi connectivity index (χ2v) is 6.93. The molecule has 0 saturated carbocycles. The van der Waals surface area contributed by atoms with E-state index in [1.54, 1.807) is 6.07 Å². The van der Waals surface area contributed by atoms with Crippen LogP contribution in [0.3, 0.4) is 0 Å². The molecule has 0 aliphatic carbocycles. The number of hydrogen-bond donors (Lipinski definition) is 1. The van der Waals surface area contributed by atoms with Gasteiger partial charge in [0.2, 0.25) is 5.91 Å². The standard InChI is InChI=1S/C16H22Cl2N2O/c1-10(2)9-20-15(21)5-3-4-14(19)16(20)11-6-7-12(17)13(18)8-11/h6-8,10,14,16H,3-5,9,19H2,1-2H3. The molecule has 2 unspecified atom stereocenters. The van der Waals surface area contributed by atoms with Gasteiger partial charge in [-0.05, 0) is 36.5 Å². The Labute approximate surface area is 136 Å². The molecular weight excluding hydrogens is 307 g/mol. The fraction of sp³-hybridized carbons (Fsp3) is 0.562. The minimum Gasteiger partial charge on any atom is -0.334 e. The zero-order chi connectivity index (χ0) is 15.6. The van der Waals surface area contributed by atoms with Crippen LogP contribution in [0.15, 0.2) is 18.2 Å². The van der Waals surface area contributed by atoms with Crippen LogP contribution in [0, 0.1) is 5.92 Å². The van der Waals surface area contributed by atoms with Gasteiger partial charge < -0.3 is 10.6 Å². The maximum atomic E-state index is 12.4. The van der Waals surface area contributed by atoms with Crippen molar-refractivity contribution in [1.82, 2.24) is 4.90 Å². The lowest BCUT2D eigenvalue weighted by molar-refractivity contribution is -0.133. The van der Waals surface area contributed by atoms with Gasteiger partial charge in [-0.25, -0.2) is 0 Å². The van der Waals surface area contributed by atoms with Crippen LogP contribution in [0.25, 0.3) is 0 Å². The first-order chi connectivity index (χ1) is 9.90. The molecule has 1 heterocycles. The van der Waals surface area contributed by atoms with Gasteiger partial charge in [0.05, 0.1) is 16.1 Å². The summed E-state index contributed by atoms with van der Waals surface area (Å²) in [5.41, 5.74) is 7.32. The quantitative estimate of drug-likeness (QED) is 0.910. The average Bonchev–Trinajstić information content (AvgIpc) is 2.53. The molecular formula is C16H22Cl2N2O. The molecule has 0 radical (unpaired) electrons. The molecule has 1 amide bonds. The molecule has 5 heteroatoms. The molecule has 3 nitrogen and oxygen atoms in total. The summed E-state index contributed by atoms with van der Waals surface area (Å²) in [6.07, 6.45) is 2.25. The van der Waals surface area contributed by atoms with Gasteiger partial charge in [0.15, 0.2) is 0 Å². The number of carbonyl (C=O) groups excluding carboxylic acids is 1. The largest absolute Gasteiger partial charge is 0.334 e. The fourth-order valence-corrected chi connectivity index (χ4v) is 3.22. The van der Waals surface area contributed by atoms with Crippen molar-refractivity contribution < 1.29 is 4.79 Å². The molecule has 2 N–H and O–H groups in total. The SMILES string of the molecule is CC(C)CN1C(=O)CCCC(N)C1c1ccc(Cl)c(Cl)c1. The third-order valence-corrected chi connectivity index (χ3v) is 4.58. The van der Waals surface area contributed by atoms with Gasteiger partial charge in [-0.15, -0.1) is 0 Å². The highest BCUT2D eigenvalue weighted by atomic mass is 35.5. The first-order valence-corrected chi connectivity index (χ1v) is 8.15. The van der Waals surface area contributed by atoms with E-state index in [0.29, 0.717) is 28.9 Å². The molecule has 0 bridgehead atoms. The van der Waals surface area contributed by atoms with Gasteiger partial charge in [0.1, 0.15) is 0 Å². The summed E-state index contributed by atoms with van der Waals surface area (Å²) >= 11 is 12.1. The van der Waals surface area contributed by atoms with E-state index in [9.17, 15) is 4.79 Å². The van der Waals surface area contributed by atoms with E-state index >= 15 is 0 Å². The monoisotopic (exact) mass is 328 g/mol. The molecule has 116 valence electrons. The van der Waals surface area contributed by atoms with Crippen molar-refractivity contribution in [2.75, 3.05) is 6.54 Å². The van der Waals surface area contributed by atoms with Crippen molar-refractivity contribution >= 4 is 29.1 Å². The predicted octanol–water partition coefficient (Wildman–Crippen LogP) is 4.03.